The molecule has 3 rings (SSSR count). The maximum atomic E-state index is 13.2. The first kappa shape index (κ1) is 24.0. The van der Waals surface area contributed by atoms with E-state index in [-0.39, 0.29) is 24.5 Å². The summed E-state index contributed by atoms with van der Waals surface area (Å²) in [7, 11) is 1.87. The third-order valence-electron chi connectivity index (χ3n) is 5.43. The van der Waals surface area contributed by atoms with Crippen LogP contribution in [0, 0.1) is 12.5 Å². The van der Waals surface area contributed by atoms with Crippen LogP contribution in [0.25, 0.3) is 15.9 Å². The summed E-state index contributed by atoms with van der Waals surface area (Å²) in [6.07, 6.45) is 8.73. The molecule has 9 heteroatoms. The van der Waals surface area contributed by atoms with E-state index in [4.69, 9.17) is 16.4 Å². The van der Waals surface area contributed by atoms with Crippen molar-refractivity contribution in [2.45, 2.75) is 45.6 Å². The van der Waals surface area contributed by atoms with Gasteiger partial charge in [0.25, 0.3) is 0 Å². The van der Waals surface area contributed by atoms with Gasteiger partial charge >= 0.3 is 5.97 Å². The van der Waals surface area contributed by atoms with Crippen LogP contribution in [0.4, 0.5) is 5.69 Å². The predicted octanol–water partition coefficient (Wildman–Crippen LogP) is 4.14. The molecule has 0 amide bonds. The Labute approximate surface area is 192 Å². The number of carboxylic acid groups (broad SMARTS) is 1. The second kappa shape index (κ2) is 11.3. The van der Waals surface area contributed by atoms with Crippen LogP contribution < -0.4 is 0 Å². The molecule has 0 fully saturated rings. The van der Waals surface area contributed by atoms with Gasteiger partial charge < -0.3 is 14.4 Å². The molecule has 0 aromatic carbocycles. The fourth-order valence-corrected chi connectivity index (χ4v) is 3.89. The van der Waals surface area contributed by atoms with Gasteiger partial charge in [0.15, 0.2) is 5.78 Å². The van der Waals surface area contributed by atoms with Gasteiger partial charge in [-0.05, 0) is 31.2 Å². The van der Waals surface area contributed by atoms with Gasteiger partial charge in [0, 0.05) is 67.3 Å². The van der Waals surface area contributed by atoms with E-state index in [2.05, 4.69) is 19.8 Å². The minimum atomic E-state index is -0.924. The smallest absolute Gasteiger partial charge is 0.303 e. The monoisotopic (exact) mass is 449 g/mol. The molecule has 0 aliphatic heterocycles. The Hall–Kier alpha value is -3.64. The quantitative estimate of drug-likeness (QED) is 0.251. The summed E-state index contributed by atoms with van der Waals surface area (Å²) in [5, 5.41) is 9.70. The zero-order chi connectivity index (χ0) is 23.8. The van der Waals surface area contributed by atoms with Crippen LogP contribution in [0.15, 0.2) is 31.0 Å². The lowest BCUT2D eigenvalue weighted by molar-refractivity contribution is -0.137. The summed E-state index contributed by atoms with van der Waals surface area (Å²) in [5.41, 5.74) is 3.32. The van der Waals surface area contributed by atoms with Crippen molar-refractivity contribution in [1.82, 2.24) is 19.5 Å². The Kier molecular flexibility index (Phi) is 8.22. The summed E-state index contributed by atoms with van der Waals surface area (Å²) in [6.45, 7) is 10.1. The fourth-order valence-electron chi connectivity index (χ4n) is 3.89. The topological polar surface area (TPSA) is 112 Å². The fraction of sp³-hybridized carbons (Fsp3) is 0.417. The summed E-state index contributed by atoms with van der Waals surface area (Å²) in [5.74, 6) is -1.33. The Bertz CT molecular complexity index is 1170. The van der Waals surface area contributed by atoms with Crippen molar-refractivity contribution in [1.29, 1.82) is 0 Å². The van der Waals surface area contributed by atoms with Crippen LogP contribution in [-0.2, 0) is 29.6 Å². The van der Waals surface area contributed by atoms with E-state index in [9.17, 15) is 9.59 Å². The number of hydrogen-bond acceptors (Lipinski definition) is 6. The van der Waals surface area contributed by atoms with E-state index in [1.807, 2.05) is 11.6 Å². The van der Waals surface area contributed by atoms with Gasteiger partial charge in [-0.3, -0.25) is 9.59 Å². The molecule has 3 aromatic rings. The zero-order valence-corrected chi connectivity index (χ0v) is 18.8. The van der Waals surface area contributed by atoms with E-state index >= 15 is 0 Å². The SMILES string of the molecule is [C-]#[N+]c1cnc2c(c1)c(C(=O)CC(C)CC(=O)O)c(CCCCOCc1cncnc1)n2C. The van der Waals surface area contributed by atoms with Gasteiger partial charge in [-0.25, -0.2) is 19.8 Å². The van der Waals surface area contributed by atoms with E-state index < -0.39 is 5.97 Å². The van der Waals surface area contributed by atoms with Gasteiger partial charge in [0.2, 0.25) is 5.69 Å². The number of Topliss-reactive ketones (excluding diaryl/α,β-unsaturated/α-hetero) is 1. The Morgan fingerprint density at radius 3 is 2.67 bits per heavy atom. The molecule has 0 aliphatic rings. The zero-order valence-electron chi connectivity index (χ0n) is 18.8. The number of nitrogens with zero attached hydrogens (tertiary/aromatic N) is 5. The van der Waals surface area contributed by atoms with Gasteiger partial charge in [-0.15, -0.1) is 0 Å². The molecule has 1 N–H and O–H groups in total. The van der Waals surface area contributed by atoms with Crippen molar-refractivity contribution < 1.29 is 19.4 Å². The van der Waals surface area contributed by atoms with Crippen molar-refractivity contribution in [2.24, 2.45) is 13.0 Å². The number of aryl methyl sites for hydroxylation is 1. The molecule has 3 heterocycles. The predicted molar refractivity (Wildman–Crippen MR) is 122 cm³/mol. The van der Waals surface area contributed by atoms with Gasteiger partial charge in [-0.1, -0.05) is 6.92 Å². The highest BCUT2D eigenvalue weighted by Crippen LogP contribution is 2.30. The Morgan fingerprint density at radius 2 is 1.97 bits per heavy atom. The van der Waals surface area contributed by atoms with Crippen molar-refractivity contribution in [3.63, 3.8) is 0 Å². The molecule has 0 radical (unpaired) electrons. The molecule has 0 bridgehead atoms. The molecule has 33 heavy (non-hydrogen) atoms. The van der Waals surface area contributed by atoms with Crippen molar-refractivity contribution >= 4 is 28.5 Å². The number of aromatic nitrogens is 4. The van der Waals surface area contributed by atoms with E-state index in [1.165, 1.54) is 12.5 Å². The average molecular weight is 450 g/mol. The number of ether oxygens (including phenoxy) is 1. The first-order chi connectivity index (χ1) is 15.9. The number of hydrogen-bond donors (Lipinski definition) is 1. The highest BCUT2D eigenvalue weighted by Gasteiger charge is 2.24. The van der Waals surface area contributed by atoms with Crippen molar-refractivity contribution in [3.05, 3.63) is 59.2 Å². The number of fused-ring (bicyclic) bond motifs is 1. The molecule has 0 saturated carbocycles. The second-order valence-corrected chi connectivity index (χ2v) is 8.14. The molecular weight excluding hydrogens is 422 g/mol. The second-order valence-electron chi connectivity index (χ2n) is 8.14. The average Bonchev–Trinajstić information content (AvgIpc) is 3.07. The van der Waals surface area contributed by atoms with Crippen LogP contribution in [0.5, 0.6) is 0 Å². The maximum Gasteiger partial charge on any atom is 0.303 e. The number of rotatable bonds is 12. The summed E-state index contributed by atoms with van der Waals surface area (Å²) < 4.78 is 7.59. The number of unbranched alkanes of at least 4 members (excludes halogenated alkanes) is 1. The molecule has 3 aromatic heterocycles. The first-order valence-corrected chi connectivity index (χ1v) is 10.8. The van der Waals surface area contributed by atoms with Gasteiger partial charge in [0.1, 0.15) is 12.0 Å². The highest BCUT2D eigenvalue weighted by molar-refractivity contribution is 6.09. The maximum absolute atomic E-state index is 13.2. The number of aliphatic carboxylic acids is 1. The van der Waals surface area contributed by atoms with Crippen molar-refractivity contribution in [3.8, 4) is 0 Å². The van der Waals surface area contributed by atoms with Crippen LogP contribution >= 0.6 is 0 Å². The van der Waals surface area contributed by atoms with E-state index in [0.29, 0.717) is 41.9 Å². The molecule has 1 unspecified atom stereocenters. The third kappa shape index (κ3) is 6.20. The lowest BCUT2D eigenvalue weighted by Gasteiger charge is -2.11. The molecule has 0 aliphatic carbocycles. The van der Waals surface area contributed by atoms with Gasteiger partial charge in [-0.2, -0.15) is 0 Å². The Morgan fingerprint density at radius 1 is 1.21 bits per heavy atom. The highest BCUT2D eigenvalue weighted by atomic mass is 16.5. The first-order valence-electron chi connectivity index (χ1n) is 10.8. The van der Waals surface area contributed by atoms with Crippen LogP contribution in [0.2, 0.25) is 0 Å². The molecule has 0 spiro atoms. The molecular formula is C24H27N5O4. The molecule has 9 nitrogen and oxygen atoms in total. The van der Waals surface area contributed by atoms with E-state index in [1.54, 1.807) is 25.4 Å². The molecule has 0 saturated heterocycles. The summed E-state index contributed by atoms with van der Waals surface area (Å²) in [6, 6.07) is 1.69. The summed E-state index contributed by atoms with van der Waals surface area (Å²) >= 11 is 0. The van der Waals surface area contributed by atoms with Gasteiger partial charge in [0.05, 0.1) is 13.2 Å². The minimum Gasteiger partial charge on any atom is -0.481 e. The van der Waals surface area contributed by atoms with Crippen molar-refractivity contribution in [2.75, 3.05) is 6.61 Å². The number of ketones is 1. The largest absolute Gasteiger partial charge is 0.481 e. The number of carbonyl (C=O) groups excluding carboxylic acids is 1. The number of carboxylic acids is 1. The third-order valence-corrected chi connectivity index (χ3v) is 5.43. The Balaban J connectivity index is 1.73. The normalized spacial score (nSPS) is 11.9. The molecule has 172 valence electrons. The number of carbonyl (C=O) groups is 2. The van der Waals surface area contributed by atoms with E-state index in [0.717, 1.165) is 24.1 Å². The lowest BCUT2D eigenvalue weighted by Crippen LogP contribution is -2.12. The van der Waals surface area contributed by atoms with Crippen LogP contribution in [-0.4, -0.2) is 43.0 Å². The minimum absolute atomic E-state index is 0.0683. The van der Waals surface area contributed by atoms with Crippen LogP contribution in [0.3, 0.4) is 0 Å². The number of pyridine rings is 1. The lowest BCUT2D eigenvalue weighted by atomic mass is 9.94. The van der Waals surface area contributed by atoms with Crippen LogP contribution in [0.1, 0.15) is 54.2 Å². The summed E-state index contributed by atoms with van der Waals surface area (Å²) in [4.78, 5) is 40.0. The molecule has 1 atom stereocenters. The standard InChI is InChI=1S/C24H27N5O4/c1-16(9-22(31)32)8-21(30)23-19-10-18(25-2)13-28-24(19)29(3)20(23)6-4-5-7-33-14-17-11-26-15-27-12-17/h10-13,15-16H,4-9,14H2,1,3H3,(H,31,32).